The predicted molar refractivity (Wildman–Crippen MR) is 104 cm³/mol. The summed E-state index contributed by atoms with van der Waals surface area (Å²) < 4.78 is 23.6. The topological polar surface area (TPSA) is 88.1 Å². The molecule has 1 aliphatic rings. The summed E-state index contributed by atoms with van der Waals surface area (Å²) in [6.45, 7) is 6.78. The number of nitrogens with zero attached hydrogens (tertiary/aromatic N) is 4. The van der Waals surface area contributed by atoms with Crippen molar-refractivity contribution in [2.24, 2.45) is 0 Å². The Morgan fingerprint density at radius 3 is 2.77 bits per heavy atom. The van der Waals surface area contributed by atoms with Crippen LogP contribution in [-0.4, -0.2) is 47.7 Å². The summed E-state index contributed by atoms with van der Waals surface area (Å²) >= 11 is 0. The van der Waals surface area contributed by atoms with Crippen LogP contribution in [0.25, 0.3) is 0 Å². The van der Waals surface area contributed by atoms with E-state index in [0.29, 0.717) is 24.7 Å². The van der Waals surface area contributed by atoms with Crippen LogP contribution in [-0.2, 0) is 16.3 Å². The van der Waals surface area contributed by atoms with E-state index < -0.39 is 9.84 Å². The van der Waals surface area contributed by atoms with Gasteiger partial charge in [0.1, 0.15) is 0 Å². The van der Waals surface area contributed by atoms with E-state index in [-0.39, 0.29) is 17.5 Å². The Balaban J connectivity index is 1.86. The van der Waals surface area contributed by atoms with E-state index in [4.69, 9.17) is 0 Å². The highest BCUT2D eigenvalue weighted by Gasteiger charge is 2.33. The first-order chi connectivity index (χ1) is 12.4. The molecule has 1 saturated heterocycles. The summed E-state index contributed by atoms with van der Waals surface area (Å²) in [5.74, 6) is 1.45. The quantitative estimate of drug-likeness (QED) is 0.830. The molecule has 1 aliphatic heterocycles. The number of aryl methyl sites for hydroxylation is 2. The van der Waals surface area contributed by atoms with Crippen molar-refractivity contribution in [3.63, 3.8) is 0 Å². The van der Waals surface area contributed by atoms with Gasteiger partial charge in [-0.15, -0.1) is 5.10 Å². The number of anilines is 3. The Bertz CT molecular complexity index is 885. The van der Waals surface area contributed by atoms with Gasteiger partial charge in [0, 0.05) is 18.3 Å². The summed E-state index contributed by atoms with van der Waals surface area (Å²) in [6.07, 6.45) is 3.11. The molecule has 7 nitrogen and oxygen atoms in total. The van der Waals surface area contributed by atoms with Crippen molar-refractivity contribution < 1.29 is 8.42 Å². The van der Waals surface area contributed by atoms with Gasteiger partial charge in [0.2, 0.25) is 5.95 Å². The summed E-state index contributed by atoms with van der Waals surface area (Å²) in [5.41, 5.74) is 3.38. The minimum absolute atomic E-state index is 0.0910. The minimum atomic E-state index is -2.97. The highest BCUT2D eigenvalue weighted by Crippen LogP contribution is 2.26. The maximum Gasteiger partial charge on any atom is 0.247 e. The monoisotopic (exact) mass is 375 g/mol. The van der Waals surface area contributed by atoms with Crippen molar-refractivity contribution >= 4 is 27.3 Å². The SMILES string of the molecule is CCc1cccc(C)c1Nc1cnnc(N(CC)C2CCS(=O)(=O)C2)n1. The first-order valence-electron chi connectivity index (χ1n) is 8.95. The van der Waals surface area contributed by atoms with E-state index in [2.05, 4.69) is 46.5 Å². The van der Waals surface area contributed by atoms with E-state index in [1.165, 1.54) is 5.56 Å². The van der Waals surface area contributed by atoms with Gasteiger partial charge in [0.15, 0.2) is 15.7 Å². The molecule has 2 heterocycles. The predicted octanol–water partition coefficient (Wildman–Crippen LogP) is 2.50. The molecule has 1 N–H and O–H groups in total. The van der Waals surface area contributed by atoms with E-state index in [9.17, 15) is 8.42 Å². The van der Waals surface area contributed by atoms with Crippen LogP contribution in [0.3, 0.4) is 0 Å². The van der Waals surface area contributed by atoms with Crippen molar-refractivity contribution in [3.8, 4) is 0 Å². The van der Waals surface area contributed by atoms with Gasteiger partial charge in [0.25, 0.3) is 0 Å². The molecular weight excluding hydrogens is 350 g/mol. The second kappa shape index (κ2) is 7.57. The highest BCUT2D eigenvalue weighted by atomic mass is 32.2. The molecular formula is C18H25N5O2S. The van der Waals surface area contributed by atoms with Gasteiger partial charge in [-0.3, -0.25) is 0 Å². The van der Waals surface area contributed by atoms with Crippen molar-refractivity contribution in [3.05, 3.63) is 35.5 Å². The summed E-state index contributed by atoms with van der Waals surface area (Å²) in [5, 5.41) is 11.6. The lowest BCUT2D eigenvalue weighted by Crippen LogP contribution is -2.37. The van der Waals surface area contributed by atoms with Crippen molar-refractivity contribution in [2.75, 3.05) is 28.3 Å². The molecule has 1 aromatic heterocycles. The van der Waals surface area contributed by atoms with Gasteiger partial charge in [-0.25, -0.2) is 8.42 Å². The molecule has 0 aliphatic carbocycles. The van der Waals surface area contributed by atoms with Crippen LogP contribution in [0.1, 0.15) is 31.4 Å². The standard InChI is InChI=1S/C18H25N5O2S/c1-4-14-8-6-7-13(3)17(14)20-16-11-19-22-18(21-16)23(5-2)15-9-10-26(24,25)12-15/h6-8,11,15H,4-5,9-10,12H2,1-3H3,(H,20,21,22). The number of hydrogen-bond donors (Lipinski definition) is 1. The molecule has 0 amide bonds. The third-order valence-electron chi connectivity index (χ3n) is 4.79. The maximum absolute atomic E-state index is 11.8. The van der Waals surface area contributed by atoms with Crippen LogP contribution < -0.4 is 10.2 Å². The van der Waals surface area contributed by atoms with E-state index in [1.807, 2.05) is 17.9 Å². The van der Waals surface area contributed by atoms with Crippen LogP contribution in [0.4, 0.5) is 17.5 Å². The van der Waals surface area contributed by atoms with Crippen LogP contribution in [0.2, 0.25) is 0 Å². The number of sulfone groups is 1. The lowest BCUT2D eigenvalue weighted by Gasteiger charge is -2.26. The number of benzene rings is 1. The molecule has 3 rings (SSSR count). The zero-order chi connectivity index (χ0) is 18.7. The summed E-state index contributed by atoms with van der Waals surface area (Å²) in [7, 11) is -2.97. The van der Waals surface area contributed by atoms with Gasteiger partial charge < -0.3 is 10.2 Å². The van der Waals surface area contributed by atoms with E-state index in [1.54, 1.807) is 6.20 Å². The molecule has 140 valence electrons. The molecule has 26 heavy (non-hydrogen) atoms. The first kappa shape index (κ1) is 18.6. The van der Waals surface area contributed by atoms with Crippen LogP contribution in [0.5, 0.6) is 0 Å². The molecule has 1 aromatic carbocycles. The van der Waals surface area contributed by atoms with Crippen molar-refractivity contribution in [2.45, 2.75) is 39.7 Å². The molecule has 0 radical (unpaired) electrons. The third kappa shape index (κ3) is 3.95. The second-order valence-corrected chi connectivity index (χ2v) is 8.80. The number of para-hydroxylation sites is 1. The molecule has 2 aromatic rings. The molecule has 1 atom stereocenters. The lowest BCUT2D eigenvalue weighted by molar-refractivity contribution is 0.598. The second-order valence-electron chi connectivity index (χ2n) is 6.57. The fourth-order valence-corrected chi connectivity index (χ4v) is 5.12. The van der Waals surface area contributed by atoms with E-state index >= 15 is 0 Å². The fourth-order valence-electron chi connectivity index (χ4n) is 3.39. The number of hydrogen-bond acceptors (Lipinski definition) is 7. The fraction of sp³-hybridized carbons (Fsp3) is 0.500. The molecule has 8 heteroatoms. The molecule has 0 spiro atoms. The van der Waals surface area contributed by atoms with Gasteiger partial charge in [-0.1, -0.05) is 25.1 Å². The molecule has 0 saturated carbocycles. The highest BCUT2D eigenvalue weighted by molar-refractivity contribution is 7.91. The zero-order valence-electron chi connectivity index (χ0n) is 15.4. The Morgan fingerprint density at radius 2 is 2.12 bits per heavy atom. The smallest absolute Gasteiger partial charge is 0.247 e. The number of rotatable bonds is 6. The number of nitrogens with one attached hydrogen (secondary N) is 1. The first-order valence-corrected chi connectivity index (χ1v) is 10.8. The third-order valence-corrected chi connectivity index (χ3v) is 6.54. The van der Waals surface area contributed by atoms with E-state index in [0.717, 1.165) is 17.7 Å². The van der Waals surface area contributed by atoms with Gasteiger partial charge >= 0.3 is 0 Å². The van der Waals surface area contributed by atoms with Gasteiger partial charge in [0.05, 0.1) is 17.7 Å². The molecule has 1 unspecified atom stereocenters. The Hall–Kier alpha value is -2.22. The van der Waals surface area contributed by atoms with Gasteiger partial charge in [-0.05, 0) is 37.8 Å². The molecule has 0 bridgehead atoms. The maximum atomic E-state index is 11.8. The lowest BCUT2D eigenvalue weighted by atomic mass is 10.1. The van der Waals surface area contributed by atoms with Crippen molar-refractivity contribution in [1.29, 1.82) is 0 Å². The Labute approximate surface area is 154 Å². The van der Waals surface area contributed by atoms with Crippen LogP contribution in [0, 0.1) is 6.92 Å². The Morgan fingerprint density at radius 1 is 1.31 bits per heavy atom. The number of aromatic nitrogens is 3. The Kier molecular flexibility index (Phi) is 5.41. The van der Waals surface area contributed by atoms with Gasteiger partial charge in [-0.2, -0.15) is 10.1 Å². The average Bonchev–Trinajstić information content (AvgIpc) is 2.97. The largest absolute Gasteiger partial charge is 0.338 e. The van der Waals surface area contributed by atoms with Crippen LogP contribution >= 0.6 is 0 Å². The normalized spacial score (nSPS) is 18.7. The van der Waals surface area contributed by atoms with Crippen LogP contribution in [0.15, 0.2) is 24.4 Å². The average molecular weight is 375 g/mol. The minimum Gasteiger partial charge on any atom is -0.338 e. The zero-order valence-corrected chi connectivity index (χ0v) is 16.3. The summed E-state index contributed by atoms with van der Waals surface area (Å²) in [6, 6.07) is 6.10. The molecule has 1 fully saturated rings. The van der Waals surface area contributed by atoms with Crippen molar-refractivity contribution in [1.82, 2.24) is 15.2 Å². The summed E-state index contributed by atoms with van der Waals surface area (Å²) in [4.78, 5) is 6.53.